The minimum atomic E-state index is 0.618. The number of pyridine rings is 2. The van der Waals surface area contributed by atoms with Crippen molar-refractivity contribution in [2.75, 3.05) is 0 Å². The Morgan fingerprint density at radius 3 is 2.00 bits per heavy atom. The van der Waals surface area contributed by atoms with Gasteiger partial charge in [0.2, 0.25) is 5.71 Å². The van der Waals surface area contributed by atoms with Crippen LogP contribution in [0.3, 0.4) is 0 Å². The molecule has 5 heterocycles. The van der Waals surface area contributed by atoms with Crippen LogP contribution in [0, 0.1) is 0 Å². The zero-order valence-corrected chi connectivity index (χ0v) is 23.2. The quantitative estimate of drug-likeness (QED) is 0.195. The van der Waals surface area contributed by atoms with Crippen LogP contribution in [0.1, 0.15) is 11.3 Å². The highest BCUT2D eigenvalue weighted by Crippen LogP contribution is 2.39. The van der Waals surface area contributed by atoms with Gasteiger partial charge in [0.05, 0.1) is 5.69 Å². The van der Waals surface area contributed by atoms with E-state index in [-0.39, 0.29) is 0 Å². The van der Waals surface area contributed by atoms with E-state index in [4.69, 9.17) is 24.4 Å². The van der Waals surface area contributed by atoms with Crippen molar-refractivity contribution in [3.8, 4) is 33.9 Å². The summed E-state index contributed by atoms with van der Waals surface area (Å²) in [5.74, 6) is 1.28. The topological polar surface area (TPSA) is 90.5 Å². The molecule has 7 heteroatoms. The molecule has 0 saturated heterocycles. The van der Waals surface area contributed by atoms with Crippen molar-refractivity contribution in [1.82, 2.24) is 29.9 Å². The summed E-state index contributed by atoms with van der Waals surface area (Å²) in [6.45, 7) is 0. The van der Waals surface area contributed by atoms with Gasteiger partial charge in [-0.25, -0.2) is 24.9 Å². The van der Waals surface area contributed by atoms with Crippen molar-refractivity contribution in [3.05, 3.63) is 121 Å². The van der Waals surface area contributed by atoms with Gasteiger partial charge in [-0.2, -0.15) is 0 Å². The average molecular weight is 565 g/mol. The Kier molecular flexibility index (Phi) is 4.65. The summed E-state index contributed by atoms with van der Waals surface area (Å²) in [6, 6.07) is 28.9. The Hall–Kier alpha value is -6.08. The molecule has 0 fully saturated rings. The van der Waals surface area contributed by atoms with E-state index in [9.17, 15) is 0 Å². The first kappa shape index (κ1) is 23.5. The Morgan fingerprint density at radius 2 is 1.20 bits per heavy atom. The third kappa shape index (κ3) is 3.32. The molecule has 4 aromatic carbocycles. The van der Waals surface area contributed by atoms with Gasteiger partial charge < -0.3 is 4.42 Å². The van der Waals surface area contributed by atoms with Crippen LogP contribution in [-0.2, 0) is 6.42 Å². The second kappa shape index (κ2) is 8.72. The zero-order valence-electron chi connectivity index (χ0n) is 23.2. The van der Waals surface area contributed by atoms with E-state index < -0.39 is 0 Å². The highest BCUT2D eigenvalue weighted by molar-refractivity contribution is 6.23. The fourth-order valence-corrected chi connectivity index (χ4v) is 6.62. The third-order valence-electron chi connectivity index (χ3n) is 8.72. The second-order valence-corrected chi connectivity index (χ2v) is 11.2. The monoisotopic (exact) mass is 564 g/mol. The molecular formula is C37H20N6O. The molecular weight excluding hydrogens is 544 g/mol. The molecule has 0 radical (unpaired) electrons. The summed E-state index contributed by atoms with van der Waals surface area (Å²) in [5, 5.41) is 6.00. The van der Waals surface area contributed by atoms with Crippen molar-refractivity contribution in [1.29, 1.82) is 0 Å². The lowest BCUT2D eigenvalue weighted by molar-refractivity contribution is 0.654. The van der Waals surface area contributed by atoms with E-state index in [0.29, 0.717) is 17.4 Å². The Labute approximate surface area is 249 Å². The van der Waals surface area contributed by atoms with E-state index >= 15 is 0 Å². The predicted octanol–water partition coefficient (Wildman–Crippen LogP) is 8.32. The lowest BCUT2D eigenvalue weighted by atomic mass is 10.0. The van der Waals surface area contributed by atoms with Crippen molar-refractivity contribution < 1.29 is 4.42 Å². The van der Waals surface area contributed by atoms with Gasteiger partial charge in [-0.05, 0) is 64.4 Å². The number of furan rings is 1. The summed E-state index contributed by atoms with van der Waals surface area (Å²) in [7, 11) is 0. The number of benzene rings is 4. The molecule has 0 atom stereocenters. The van der Waals surface area contributed by atoms with Crippen LogP contribution in [0.2, 0.25) is 0 Å². The minimum Gasteiger partial charge on any atom is -0.438 e. The average Bonchev–Trinajstić information content (AvgIpc) is 3.65. The van der Waals surface area contributed by atoms with E-state index in [1.54, 1.807) is 6.20 Å². The zero-order chi connectivity index (χ0) is 28.8. The smallest absolute Gasteiger partial charge is 0.227 e. The van der Waals surface area contributed by atoms with Crippen molar-refractivity contribution in [2.24, 2.45) is 0 Å². The highest BCUT2D eigenvalue weighted by atomic mass is 16.3. The van der Waals surface area contributed by atoms with Gasteiger partial charge in [-0.1, -0.05) is 42.5 Å². The number of fused-ring (bicyclic) bond motifs is 12. The normalized spacial score (nSPS) is 12.5. The SMILES string of the molecule is c1cnc2c(c1)-c1cc(-c3ncc4c5ccccc5c5cnc(-c6ccc7oc8ncccc8c7c6)nc5c4n3)ccc1C2. The summed E-state index contributed by atoms with van der Waals surface area (Å²) < 4.78 is 5.95. The van der Waals surface area contributed by atoms with Gasteiger partial charge in [0.25, 0.3) is 0 Å². The molecule has 5 aromatic heterocycles. The first-order valence-corrected chi connectivity index (χ1v) is 14.5. The van der Waals surface area contributed by atoms with Crippen LogP contribution in [-0.4, -0.2) is 29.9 Å². The lowest BCUT2D eigenvalue weighted by Crippen LogP contribution is -1.97. The number of hydrogen-bond acceptors (Lipinski definition) is 7. The van der Waals surface area contributed by atoms with Gasteiger partial charge in [-0.15, -0.1) is 0 Å². The molecule has 0 bridgehead atoms. The molecule has 9 aromatic rings. The molecule has 204 valence electrons. The van der Waals surface area contributed by atoms with Crippen LogP contribution >= 0.6 is 0 Å². The summed E-state index contributed by atoms with van der Waals surface area (Å²) in [4.78, 5) is 29.0. The van der Waals surface area contributed by atoms with E-state index in [2.05, 4.69) is 52.4 Å². The fraction of sp³-hybridized carbons (Fsp3) is 0.0270. The first-order chi connectivity index (χ1) is 21.8. The Balaban J connectivity index is 1.20. The molecule has 10 rings (SSSR count). The van der Waals surface area contributed by atoms with Crippen LogP contribution in [0.25, 0.3) is 88.5 Å². The van der Waals surface area contributed by atoms with Gasteiger partial charge in [0.15, 0.2) is 11.6 Å². The molecule has 7 nitrogen and oxygen atoms in total. The van der Waals surface area contributed by atoms with Crippen LogP contribution in [0.15, 0.2) is 114 Å². The van der Waals surface area contributed by atoms with Crippen molar-refractivity contribution in [3.63, 3.8) is 0 Å². The Bertz CT molecular complexity index is 2660. The second-order valence-electron chi connectivity index (χ2n) is 11.2. The highest BCUT2D eigenvalue weighted by Gasteiger charge is 2.21. The van der Waals surface area contributed by atoms with Crippen molar-refractivity contribution in [2.45, 2.75) is 6.42 Å². The summed E-state index contributed by atoms with van der Waals surface area (Å²) in [6.07, 6.45) is 8.29. The molecule has 44 heavy (non-hydrogen) atoms. The maximum atomic E-state index is 5.95. The van der Waals surface area contributed by atoms with E-state index in [1.165, 1.54) is 16.7 Å². The molecule has 0 N–H and O–H groups in total. The van der Waals surface area contributed by atoms with Crippen molar-refractivity contribution >= 4 is 54.6 Å². The third-order valence-corrected chi connectivity index (χ3v) is 8.72. The van der Waals surface area contributed by atoms with E-state index in [1.807, 2.05) is 61.1 Å². The maximum Gasteiger partial charge on any atom is 0.227 e. The Morgan fingerprint density at radius 1 is 0.523 bits per heavy atom. The van der Waals surface area contributed by atoms with Gasteiger partial charge in [-0.3, -0.25) is 4.98 Å². The van der Waals surface area contributed by atoms with Gasteiger partial charge in [0, 0.05) is 69.4 Å². The molecule has 0 aliphatic heterocycles. The number of aromatic nitrogens is 6. The van der Waals surface area contributed by atoms with Crippen LogP contribution < -0.4 is 0 Å². The lowest BCUT2D eigenvalue weighted by Gasteiger charge is -2.11. The summed E-state index contributed by atoms with van der Waals surface area (Å²) in [5.41, 5.74) is 9.61. The van der Waals surface area contributed by atoms with E-state index in [0.717, 1.165) is 72.2 Å². The molecule has 0 unspecified atom stereocenters. The predicted molar refractivity (Wildman–Crippen MR) is 172 cm³/mol. The molecule has 0 amide bonds. The minimum absolute atomic E-state index is 0.618. The van der Waals surface area contributed by atoms with Gasteiger partial charge >= 0.3 is 0 Å². The molecule has 0 spiro atoms. The summed E-state index contributed by atoms with van der Waals surface area (Å²) >= 11 is 0. The molecule has 0 saturated carbocycles. The fourth-order valence-electron chi connectivity index (χ4n) is 6.62. The van der Waals surface area contributed by atoms with Crippen LogP contribution in [0.5, 0.6) is 0 Å². The van der Waals surface area contributed by atoms with Crippen LogP contribution in [0.4, 0.5) is 0 Å². The molecule has 1 aliphatic carbocycles. The number of nitrogens with zero attached hydrogens (tertiary/aromatic N) is 6. The largest absolute Gasteiger partial charge is 0.438 e. The number of rotatable bonds is 2. The standard InChI is InChI=1S/C37H20N6O/c1-2-6-24-23(5-1)29-18-40-35(21-10-9-20-17-31-25(27(20)15-21)7-3-13-38-31)42-33(29)34-30(24)19-41-36(43-34)22-11-12-32-28(16-22)26-8-4-14-39-37(26)44-32/h1-16,18-19H,17H2. The molecule has 1 aliphatic rings. The maximum absolute atomic E-state index is 5.95. The van der Waals surface area contributed by atoms with Gasteiger partial charge in [0.1, 0.15) is 16.6 Å². The number of hydrogen-bond donors (Lipinski definition) is 0. The first-order valence-electron chi connectivity index (χ1n) is 14.5.